The molecule has 0 aliphatic heterocycles. The zero-order valence-electron chi connectivity index (χ0n) is 24.9. The summed E-state index contributed by atoms with van der Waals surface area (Å²) in [6.45, 7) is 4.46. The lowest BCUT2D eigenvalue weighted by molar-refractivity contribution is -0.870. The van der Waals surface area contributed by atoms with Crippen molar-refractivity contribution in [2.45, 2.75) is 116 Å². The van der Waals surface area contributed by atoms with Crippen LogP contribution >= 0.6 is 7.82 Å². The van der Waals surface area contributed by atoms with Crippen LogP contribution in [-0.4, -0.2) is 68.5 Å². The molecule has 0 bridgehead atoms. The Morgan fingerprint density at radius 2 is 1.47 bits per heavy atom. The van der Waals surface area contributed by atoms with Crippen molar-refractivity contribution in [3.8, 4) is 0 Å². The van der Waals surface area contributed by atoms with Crippen molar-refractivity contribution in [1.29, 1.82) is 0 Å². The maximum atomic E-state index is 12.5. The SMILES string of the molecule is CCCCC/C=C/CC/C=C/C(O)C(COP(=O)([O-])OCC[N+](C)(C)C)NC(=O)CCCCCCCCC. The summed E-state index contributed by atoms with van der Waals surface area (Å²) in [6.07, 6.45) is 21.0. The van der Waals surface area contributed by atoms with Crippen molar-refractivity contribution < 1.29 is 32.9 Å². The fraction of sp³-hybridized carbons (Fsp3) is 0.828. The molecule has 9 heteroatoms. The van der Waals surface area contributed by atoms with Crippen molar-refractivity contribution in [1.82, 2.24) is 5.32 Å². The fourth-order valence-electron chi connectivity index (χ4n) is 3.69. The molecule has 0 aliphatic carbocycles. The first-order valence-electron chi connectivity index (χ1n) is 14.7. The van der Waals surface area contributed by atoms with Crippen LogP contribution in [0.3, 0.4) is 0 Å². The summed E-state index contributed by atoms with van der Waals surface area (Å²) in [6, 6.07) is -0.892. The number of aliphatic hydroxyl groups excluding tert-OH is 1. The van der Waals surface area contributed by atoms with Crippen LogP contribution in [0.1, 0.15) is 104 Å². The lowest BCUT2D eigenvalue weighted by Gasteiger charge is -2.29. The molecule has 0 aliphatic rings. The van der Waals surface area contributed by atoms with E-state index in [1.807, 2.05) is 27.2 Å². The number of phosphoric acid groups is 1. The molecule has 3 unspecified atom stereocenters. The number of nitrogens with zero attached hydrogens (tertiary/aromatic N) is 1. The first-order chi connectivity index (χ1) is 18.0. The van der Waals surface area contributed by atoms with E-state index in [0.29, 0.717) is 17.4 Å². The molecule has 0 aromatic rings. The van der Waals surface area contributed by atoms with Gasteiger partial charge in [-0.1, -0.05) is 89.5 Å². The Hall–Kier alpha value is -1.02. The van der Waals surface area contributed by atoms with Gasteiger partial charge in [-0.3, -0.25) is 9.36 Å². The number of hydrogen-bond acceptors (Lipinski definition) is 6. The second kappa shape index (κ2) is 22.8. The summed E-state index contributed by atoms with van der Waals surface area (Å²) in [7, 11) is 1.23. The molecule has 0 spiro atoms. The van der Waals surface area contributed by atoms with Crippen LogP contribution < -0.4 is 10.2 Å². The van der Waals surface area contributed by atoms with E-state index in [-0.39, 0.29) is 12.5 Å². The summed E-state index contributed by atoms with van der Waals surface area (Å²) in [5.41, 5.74) is 0. The van der Waals surface area contributed by atoms with Gasteiger partial charge in [-0.15, -0.1) is 0 Å². The van der Waals surface area contributed by atoms with E-state index >= 15 is 0 Å². The van der Waals surface area contributed by atoms with Crippen molar-refractivity contribution >= 4 is 13.7 Å². The summed E-state index contributed by atoms with van der Waals surface area (Å²) in [5, 5.41) is 13.5. The number of carbonyl (C=O) groups excluding carboxylic acids is 1. The number of rotatable bonds is 25. The summed E-state index contributed by atoms with van der Waals surface area (Å²) >= 11 is 0. The van der Waals surface area contributed by atoms with E-state index in [1.54, 1.807) is 6.08 Å². The number of quaternary nitrogens is 1. The molecule has 0 saturated heterocycles. The lowest BCUT2D eigenvalue weighted by Crippen LogP contribution is -2.45. The van der Waals surface area contributed by atoms with Gasteiger partial charge in [-0.05, 0) is 32.1 Å². The van der Waals surface area contributed by atoms with Gasteiger partial charge in [0.05, 0.1) is 39.9 Å². The maximum Gasteiger partial charge on any atom is 0.268 e. The first kappa shape index (κ1) is 37.0. The highest BCUT2D eigenvalue weighted by atomic mass is 31.2. The van der Waals surface area contributed by atoms with Gasteiger partial charge in [0.15, 0.2) is 0 Å². The molecule has 0 rings (SSSR count). The number of hydrogen-bond donors (Lipinski definition) is 2. The van der Waals surface area contributed by atoms with Crippen molar-refractivity contribution in [2.75, 3.05) is 40.9 Å². The highest BCUT2D eigenvalue weighted by Crippen LogP contribution is 2.38. The zero-order valence-corrected chi connectivity index (χ0v) is 25.8. The normalized spacial score (nSPS) is 15.7. The Kier molecular flexibility index (Phi) is 22.1. The smallest absolute Gasteiger partial charge is 0.268 e. The number of carbonyl (C=O) groups is 1. The highest BCUT2D eigenvalue weighted by molar-refractivity contribution is 7.45. The average molecular weight is 561 g/mol. The first-order valence-corrected chi connectivity index (χ1v) is 16.2. The number of phosphoric ester groups is 1. The third-order valence-electron chi connectivity index (χ3n) is 6.16. The van der Waals surface area contributed by atoms with Crippen LogP contribution in [-0.2, 0) is 18.4 Å². The summed E-state index contributed by atoms with van der Waals surface area (Å²) < 4.78 is 22.8. The van der Waals surface area contributed by atoms with E-state index in [0.717, 1.165) is 38.5 Å². The van der Waals surface area contributed by atoms with Crippen LogP contribution in [0.4, 0.5) is 0 Å². The number of likely N-dealkylation sites (N-methyl/N-ethyl adjacent to an activating group) is 1. The Balaban J connectivity index is 4.78. The second-order valence-corrected chi connectivity index (χ2v) is 12.5. The monoisotopic (exact) mass is 560 g/mol. The molecule has 0 aromatic heterocycles. The van der Waals surface area contributed by atoms with Gasteiger partial charge >= 0.3 is 0 Å². The minimum Gasteiger partial charge on any atom is -0.756 e. The van der Waals surface area contributed by atoms with Crippen LogP contribution in [0.25, 0.3) is 0 Å². The minimum atomic E-state index is -4.56. The number of allylic oxidation sites excluding steroid dienone is 3. The predicted octanol–water partition coefficient (Wildman–Crippen LogP) is 5.65. The Morgan fingerprint density at radius 1 is 0.895 bits per heavy atom. The van der Waals surface area contributed by atoms with Crippen LogP contribution in [0.2, 0.25) is 0 Å². The number of unbranched alkanes of at least 4 members (excludes halogenated alkanes) is 10. The van der Waals surface area contributed by atoms with Gasteiger partial charge in [0.2, 0.25) is 5.91 Å². The topological polar surface area (TPSA) is 108 Å². The van der Waals surface area contributed by atoms with Crippen molar-refractivity contribution in [3.05, 3.63) is 24.3 Å². The standard InChI is InChI=1S/C29H57N2O6P/c1-6-8-10-12-14-15-17-18-20-22-28(32)27(26-37-38(34,35)36-25-24-31(3,4)5)30-29(33)23-21-19-16-13-11-9-7-2/h14-15,20,22,27-28,32H,6-13,16-19,21,23-26H2,1-5H3,(H-,30,33,34,35)/b15-14+,22-20+. The molecule has 0 fully saturated rings. The van der Waals surface area contributed by atoms with Crippen LogP contribution in [0.15, 0.2) is 24.3 Å². The van der Waals surface area contributed by atoms with E-state index < -0.39 is 26.6 Å². The van der Waals surface area contributed by atoms with Gasteiger partial charge in [-0.25, -0.2) is 0 Å². The molecule has 0 radical (unpaired) electrons. The van der Waals surface area contributed by atoms with Crippen molar-refractivity contribution in [2.24, 2.45) is 0 Å². The molecule has 3 atom stereocenters. The van der Waals surface area contributed by atoms with Crippen LogP contribution in [0, 0.1) is 0 Å². The van der Waals surface area contributed by atoms with E-state index in [2.05, 4.69) is 31.3 Å². The molecule has 0 saturated carbocycles. The van der Waals surface area contributed by atoms with Gasteiger partial charge in [0, 0.05) is 6.42 Å². The van der Waals surface area contributed by atoms with E-state index in [4.69, 9.17) is 9.05 Å². The predicted molar refractivity (Wildman–Crippen MR) is 155 cm³/mol. The average Bonchev–Trinajstić information content (AvgIpc) is 2.84. The number of amides is 1. The summed E-state index contributed by atoms with van der Waals surface area (Å²) in [4.78, 5) is 24.8. The zero-order chi connectivity index (χ0) is 28.7. The Morgan fingerprint density at radius 3 is 2.13 bits per heavy atom. The van der Waals surface area contributed by atoms with E-state index in [1.165, 1.54) is 44.9 Å². The maximum absolute atomic E-state index is 12.5. The van der Waals surface area contributed by atoms with Gasteiger partial charge in [0.25, 0.3) is 7.82 Å². The van der Waals surface area contributed by atoms with Gasteiger partial charge < -0.3 is 28.8 Å². The molecular formula is C29H57N2O6P. The van der Waals surface area contributed by atoms with Gasteiger partial charge in [0.1, 0.15) is 13.2 Å². The highest BCUT2D eigenvalue weighted by Gasteiger charge is 2.23. The second-order valence-electron chi connectivity index (χ2n) is 11.1. The molecule has 0 aromatic carbocycles. The molecule has 1 amide bonds. The van der Waals surface area contributed by atoms with Crippen molar-refractivity contribution in [3.63, 3.8) is 0 Å². The fourth-order valence-corrected chi connectivity index (χ4v) is 4.42. The molecule has 8 nitrogen and oxygen atoms in total. The molecule has 2 N–H and O–H groups in total. The summed E-state index contributed by atoms with van der Waals surface area (Å²) in [5.74, 6) is -0.221. The van der Waals surface area contributed by atoms with E-state index in [9.17, 15) is 19.4 Å². The van der Waals surface area contributed by atoms with Crippen LogP contribution in [0.5, 0.6) is 0 Å². The number of nitrogens with one attached hydrogen (secondary N) is 1. The quantitative estimate of drug-likeness (QED) is 0.0646. The minimum absolute atomic E-state index is 0.00597. The lowest BCUT2D eigenvalue weighted by atomic mass is 10.1. The Labute approximate surface area is 233 Å². The third-order valence-corrected chi connectivity index (χ3v) is 7.13. The largest absolute Gasteiger partial charge is 0.756 e. The van der Waals surface area contributed by atoms with Gasteiger partial charge in [-0.2, -0.15) is 0 Å². The third kappa shape index (κ3) is 24.1. The Bertz CT molecular complexity index is 693. The molecule has 224 valence electrons. The number of aliphatic hydroxyl groups is 1. The molecule has 0 heterocycles. The molecular weight excluding hydrogens is 503 g/mol. The molecule has 38 heavy (non-hydrogen) atoms.